The van der Waals surface area contributed by atoms with E-state index in [0.717, 1.165) is 16.5 Å². The van der Waals surface area contributed by atoms with Crippen LogP contribution in [0.15, 0.2) is 29.1 Å². The summed E-state index contributed by atoms with van der Waals surface area (Å²) in [4.78, 5) is 46.3. The zero-order valence-corrected chi connectivity index (χ0v) is 26.5. The summed E-state index contributed by atoms with van der Waals surface area (Å²) in [5, 5.41) is 21.3. The van der Waals surface area contributed by atoms with Crippen molar-refractivity contribution in [1.82, 2.24) is 19.4 Å². The SMILES string of the molecule is CC[C@]1(O)SC1C(=O)OCc1c(C)cc2n(c1=O)Cc1cc3c(CN4CCN(C(=O)OC(C)(C)C)CC4)c(O)ccc3nc1-2. The zero-order chi connectivity index (χ0) is 31.6. The van der Waals surface area contributed by atoms with Crippen molar-refractivity contribution in [3.63, 3.8) is 0 Å². The number of pyridine rings is 2. The molecule has 1 aromatic carbocycles. The number of aryl methyl sites for hydroxylation is 1. The number of phenolic OH excluding ortho intramolecular Hbond substituents is 1. The third kappa shape index (κ3) is 5.66. The zero-order valence-electron chi connectivity index (χ0n) is 25.7. The van der Waals surface area contributed by atoms with Crippen molar-refractivity contribution < 1.29 is 29.3 Å². The fraction of sp³-hybridized carbons (Fsp3) is 0.500. The largest absolute Gasteiger partial charge is 0.508 e. The van der Waals surface area contributed by atoms with Gasteiger partial charge < -0.3 is 29.2 Å². The van der Waals surface area contributed by atoms with Crippen molar-refractivity contribution in [2.24, 2.45) is 0 Å². The molecule has 0 bridgehead atoms. The van der Waals surface area contributed by atoms with Crippen LogP contribution in [0.25, 0.3) is 22.3 Å². The van der Waals surface area contributed by atoms with Crippen LogP contribution in [-0.2, 0) is 34.0 Å². The number of aliphatic hydroxyl groups is 1. The number of amides is 1. The van der Waals surface area contributed by atoms with Gasteiger partial charge in [-0.2, -0.15) is 0 Å². The van der Waals surface area contributed by atoms with Crippen LogP contribution in [0.5, 0.6) is 5.75 Å². The average Bonchev–Trinajstić information content (AvgIpc) is 3.54. The van der Waals surface area contributed by atoms with Gasteiger partial charge in [0, 0.05) is 49.2 Å². The number of fused-ring (bicyclic) bond motifs is 4. The van der Waals surface area contributed by atoms with Crippen LogP contribution in [0, 0.1) is 6.92 Å². The van der Waals surface area contributed by atoms with E-state index in [0.29, 0.717) is 73.7 Å². The van der Waals surface area contributed by atoms with E-state index in [4.69, 9.17) is 14.5 Å². The van der Waals surface area contributed by atoms with Crippen molar-refractivity contribution in [1.29, 1.82) is 0 Å². The third-order valence-corrected chi connectivity index (χ3v) is 10.0. The molecule has 0 aliphatic carbocycles. The number of thioether (sulfide) groups is 1. The number of carbonyl (C=O) groups excluding carboxylic acids is 2. The highest BCUT2D eigenvalue weighted by atomic mass is 32.2. The number of piperazine rings is 1. The highest BCUT2D eigenvalue weighted by Crippen LogP contribution is 2.54. The molecule has 5 heterocycles. The molecule has 11 nitrogen and oxygen atoms in total. The molecule has 6 rings (SSSR count). The molecule has 1 amide bonds. The molecule has 12 heteroatoms. The summed E-state index contributed by atoms with van der Waals surface area (Å²) in [5.41, 5.74) is 4.06. The van der Waals surface area contributed by atoms with Gasteiger partial charge in [-0.05, 0) is 63.9 Å². The molecule has 2 atom stereocenters. The minimum atomic E-state index is -1.07. The molecule has 3 aliphatic rings. The predicted molar refractivity (Wildman–Crippen MR) is 166 cm³/mol. The van der Waals surface area contributed by atoms with Gasteiger partial charge in [0.25, 0.3) is 5.56 Å². The lowest BCUT2D eigenvalue weighted by Gasteiger charge is -2.35. The molecule has 0 saturated carbocycles. The van der Waals surface area contributed by atoms with E-state index in [1.54, 1.807) is 21.6 Å². The van der Waals surface area contributed by atoms with Gasteiger partial charge in [-0.1, -0.05) is 6.92 Å². The summed E-state index contributed by atoms with van der Waals surface area (Å²) in [6, 6.07) is 7.33. The molecule has 2 saturated heterocycles. The number of aromatic nitrogens is 2. The molecular weight excluding hydrogens is 584 g/mol. The number of nitrogens with zero attached hydrogens (tertiary/aromatic N) is 4. The second-order valence-electron chi connectivity index (χ2n) is 12.8. The van der Waals surface area contributed by atoms with Crippen LogP contribution in [0.2, 0.25) is 0 Å². The van der Waals surface area contributed by atoms with E-state index in [1.807, 2.05) is 46.8 Å². The predicted octanol–water partition coefficient (Wildman–Crippen LogP) is 3.75. The maximum Gasteiger partial charge on any atom is 0.410 e. The van der Waals surface area contributed by atoms with E-state index >= 15 is 0 Å². The first-order valence-electron chi connectivity index (χ1n) is 14.9. The minimum absolute atomic E-state index is 0.161. The Morgan fingerprint density at radius 1 is 1.14 bits per heavy atom. The van der Waals surface area contributed by atoms with Gasteiger partial charge in [-0.15, -0.1) is 11.8 Å². The van der Waals surface area contributed by atoms with Crippen molar-refractivity contribution in [3.8, 4) is 17.1 Å². The normalized spacial score (nSPS) is 21.2. The fourth-order valence-electron chi connectivity index (χ4n) is 5.88. The molecule has 3 aliphatic heterocycles. The molecule has 2 fully saturated rings. The minimum Gasteiger partial charge on any atom is -0.508 e. The Balaban J connectivity index is 1.20. The van der Waals surface area contributed by atoms with E-state index in [2.05, 4.69) is 4.90 Å². The highest BCUT2D eigenvalue weighted by molar-refractivity contribution is 8.09. The molecular formula is C32H38N4O7S. The van der Waals surface area contributed by atoms with Crippen molar-refractivity contribution >= 4 is 34.7 Å². The average molecular weight is 623 g/mol. The topological polar surface area (TPSA) is 134 Å². The van der Waals surface area contributed by atoms with Crippen LogP contribution >= 0.6 is 11.8 Å². The number of esters is 1. The van der Waals surface area contributed by atoms with E-state index in [1.165, 1.54) is 11.8 Å². The van der Waals surface area contributed by atoms with Gasteiger partial charge in [-0.3, -0.25) is 14.5 Å². The Morgan fingerprint density at radius 3 is 2.52 bits per heavy atom. The van der Waals surface area contributed by atoms with E-state index < -0.39 is 21.8 Å². The van der Waals surface area contributed by atoms with E-state index in [-0.39, 0.29) is 24.0 Å². The van der Waals surface area contributed by atoms with Crippen molar-refractivity contribution in [2.45, 2.75) is 76.5 Å². The molecule has 0 radical (unpaired) electrons. The number of rotatable bonds is 6. The summed E-state index contributed by atoms with van der Waals surface area (Å²) < 4.78 is 12.6. The molecule has 3 aromatic rings. The Morgan fingerprint density at radius 2 is 1.86 bits per heavy atom. The van der Waals surface area contributed by atoms with Crippen molar-refractivity contribution in [3.05, 3.63) is 56.9 Å². The summed E-state index contributed by atoms with van der Waals surface area (Å²) >= 11 is 1.17. The van der Waals surface area contributed by atoms with Gasteiger partial charge in [0.1, 0.15) is 28.1 Å². The van der Waals surface area contributed by atoms with Crippen LogP contribution in [0.3, 0.4) is 0 Å². The first kappa shape index (κ1) is 30.4. The second-order valence-corrected chi connectivity index (χ2v) is 14.2. The monoisotopic (exact) mass is 622 g/mol. The summed E-state index contributed by atoms with van der Waals surface area (Å²) in [7, 11) is 0. The number of benzene rings is 1. The molecule has 44 heavy (non-hydrogen) atoms. The summed E-state index contributed by atoms with van der Waals surface area (Å²) in [6.45, 7) is 12.2. The standard InChI is InChI=1S/C32H38N4O7S/c1-6-32(41)27(44-32)29(39)42-17-22-18(2)13-24-26-19(15-36(24)28(22)38)14-20-21(25(37)8-7-23(20)33-26)16-34-9-11-35(12-10-34)30(40)43-31(3,4)5/h7-8,13-14,27,37,41H,6,9-12,15-17H2,1-5H3/t27?,32-/m0/s1. The Labute approximate surface area is 259 Å². The fourth-order valence-corrected chi connectivity index (χ4v) is 6.82. The number of aromatic hydroxyl groups is 1. The Bertz CT molecular complexity index is 1720. The summed E-state index contributed by atoms with van der Waals surface area (Å²) in [5.74, 6) is -0.344. The van der Waals surface area contributed by atoms with E-state index in [9.17, 15) is 24.6 Å². The second kappa shape index (κ2) is 11.1. The van der Waals surface area contributed by atoms with Gasteiger partial charge in [-0.25, -0.2) is 9.78 Å². The maximum absolute atomic E-state index is 13.6. The number of carbonyl (C=O) groups is 2. The lowest BCUT2D eigenvalue weighted by atomic mass is 10.0. The third-order valence-electron chi connectivity index (χ3n) is 8.52. The number of ether oxygens (including phenoxy) is 2. The van der Waals surface area contributed by atoms with Crippen LogP contribution in [0.1, 0.15) is 56.4 Å². The highest BCUT2D eigenvalue weighted by Gasteiger charge is 2.58. The van der Waals surface area contributed by atoms with Crippen LogP contribution < -0.4 is 5.56 Å². The number of phenols is 1. The van der Waals surface area contributed by atoms with Gasteiger partial charge in [0.05, 0.1) is 29.0 Å². The first-order chi connectivity index (χ1) is 20.8. The summed E-state index contributed by atoms with van der Waals surface area (Å²) in [6.07, 6.45) is 0.129. The first-order valence-corrected chi connectivity index (χ1v) is 15.8. The van der Waals surface area contributed by atoms with Gasteiger partial charge >= 0.3 is 12.1 Å². The quantitative estimate of drug-likeness (QED) is 0.242. The lowest BCUT2D eigenvalue weighted by Crippen LogP contribution is -2.49. The molecule has 234 valence electrons. The number of hydrogen-bond acceptors (Lipinski definition) is 10. The van der Waals surface area contributed by atoms with Gasteiger partial charge in [0.2, 0.25) is 0 Å². The molecule has 1 unspecified atom stereocenters. The smallest absolute Gasteiger partial charge is 0.410 e. The number of hydrogen-bond donors (Lipinski definition) is 2. The van der Waals surface area contributed by atoms with Crippen molar-refractivity contribution in [2.75, 3.05) is 26.2 Å². The van der Waals surface area contributed by atoms with Gasteiger partial charge in [0.15, 0.2) is 0 Å². The Kier molecular flexibility index (Phi) is 7.66. The van der Waals surface area contributed by atoms with Crippen LogP contribution in [-0.4, -0.2) is 83.6 Å². The maximum atomic E-state index is 13.6. The lowest BCUT2D eigenvalue weighted by molar-refractivity contribution is -0.145. The molecule has 0 spiro atoms. The molecule has 2 aromatic heterocycles. The van der Waals surface area contributed by atoms with Crippen LogP contribution in [0.4, 0.5) is 4.79 Å². The molecule has 2 N–H and O–H groups in total. The Hall–Kier alpha value is -3.61.